The third-order valence-corrected chi connectivity index (χ3v) is 1.28. The summed E-state index contributed by atoms with van der Waals surface area (Å²) in [6, 6.07) is 1.74. The zero-order chi connectivity index (χ0) is 8.27. The average Bonchev–Trinajstić information content (AvgIpc) is 2.03. The lowest BCUT2D eigenvalue weighted by Gasteiger charge is -1.97. The standard InChI is InChI=1S/C8H9N3/c1-6(5-9)8-3-4-10-7(2)11-8/h3-5,9H,1H2,2H3. The van der Waals surface area contributed by atoms with Gasteiger partial charge in [-0.3, -0.25) is 0 Å². The highest BCUT2D eigenvalue weighted by Gasteiger charge is 1.96. The zero-order valence-electron chi connectivity index (χ0n) is 6.33. The molecule has 0 atom stereocenters. The molecule has 0 aliphatic rings. The third kappa shape index (κ3) is 1.70. The summed E-state index contributed by atoms with van der Waals surface area (Å²) in [5.41, 5.74) is 1.32. The van der Waals surface area contributed by atoms with E-state index in [1.165, 1.54) is 6.21 Å². The summed E-state index contributed by atoms with van der Waals surface area (Å²) in [5, 5.41) is 6.93. The summed E-state index contributed by atoms with van der Waals surface area (Å²) >= 11 is 0. The molecular formula is C8H9N3. The minimum absolute atomic E-state index is 0.607. The highest BCUT2D eigenvalue weighted by atomic mass is 14.9. The van der Waals surface area contributed by atoms with E-state index >= 15 is 0 Å². The molecule has 0 radical (unpaired) electrons. The van der Waals surface area contributed by atoms with Gasteiger partial charge in [-0.1, -0.05) is 6.58 Å². The first kappa shape index (κ1) is 7.60. The van der Waals surface area contributed by atoms with Crippen LogP contribution in [0.25, 0.3) is 5.57 Å². The Morgan fingerprint density at radius 1 is 1.73 bits per heavy atom. The van der Waals surface area contributed by atoms with E-state index in [0.717, 1.165) is 0 Å². The van der Waals surface area contributed by atoms with Gasteiger partial charge >= 0.3 is 0 Å². The minimum atomic E-state index is 0.607. The van der Waals surface area contributed by atoms with E-state index in [2.05, 4.69) is 16.5 Å². The van der Waals surface area contributed by atoms with Crippen LogP contribution in [0.4, 0.5) is 0 Å². The van der Waals surface area contributed by atoms with Gasteiger partial charge in [-0.05, 0) is 13.0 Å². The van der Waals surface area contributed by atoms with Crippen LogP contribution < -0.4 is 0 Å². The van der Waals surface area contributed by atoms with Gasteiger partial charge in [0.05, 0.1) is 5.69 Å². The fourth-order valence-corrected chi connectivity index (χ4v) is 0.709. The molecular weight excluding hydrogens is 138 g/mol. The molecule has 3 heteroatoms. The molecule has 56 valence electrons. The van der Waals surface area contributed by atoms with Crippen LogP contribution in [0.3, 0.4) is 0 Å². The van der Waals surface area contributed by atoms with Crippen molar-refractivity contribution in [3.8, 4) is 0 Å². The Morgan fingerprint density at radius 2 is 2.45 bits per heavy atom. The second-order valence-electron chi connectivity index (χ2n) is 2.16. The molecule has 0 aliphatic carbocycles. The number of allylic oxidation sites excluding steroid dienone is 1. The normalized spacial score (nSPS) is 9.18. The Balaban J connectivity index is 3.05. The van der Waals surface area contributed by atoms with Crippen molar-refractivity contribution in [3.63, 3.8) is 0 Å². The summed E-state index contributed by atoms with van der Waals surface area (Å²) < 4.78 is 0. The van der Waals surface area contributed by atoms with E-state index in [1.54, 1.807) is 19.2 Å². The van der Waals surface area contributed by atoms with E-state index in [1.807, 2.05) is 0 Å². The molecule has 11 heavy (non-hydrogen) atoms. The SMILES string of the molecule is C=C(C=N)c1ccnc(C)n1. The van der Waals surface area contributed by atoms with Gasteiger partial charge in [0.1, 0.15) is 5.82 Å². The smallest absolute Gasteiger partial charge is 0.125 e. The van der Waals surface area contributed by atoms with Crippen molar-refractivity contribution in [2.24, 2.45) is 0 Å². The number of nitrogens with one attached hydrogen (secondary N) is 1. The predicted octanol–water partition coefficient (Wildman–Crippen LogP) is 1.45. The Hall–Kier alpha value is -1.51. The van der Waals surface area contributed by atoms with Gasteiger partial charge in [0.2, 0.25) is 0 Å². The topological polar surface area (TPSA) is 49.6 Å². The fraction of sp³-hybridized carbons (Fsp3) is 0.125. The van der Waals surface area contributed by atoms with Crippen LogP contribution in [0.15, 0.2) is 18.8 Å². The molecule has 0 aromatic carbocycles. The molecule has 0 amide bonds. The lowest BCUT2D eigenvalue weighted by atomic mass is 10.2. The first-order valence-electron chi connectivity index (χ1n) is 3.23. The van der Waals surface area contributed by atoms with Gasteiger partial charge < -0.3 is 5.41 Å². The summed E-state index contributed by atoms with van der Waals surface area (Å²) in [7, 11) is 0. The molecule has 0 saturated heterocycles. The molecule has 0 bridgehead atoms. The van der Waals surface area contributed by atoms with Gasteiger partial charge in [0.15, 0.2) is 0 Å². The summed E-state index contributed by atoms with van der Waals surface area (Å²) in [6.45, 7) is 5.46. The molecule has 1 aromatic rings. The van der Waals surface area contributed by atoms with Gasteiger partial charge in [0.25, 0.3) is 0 Å². The maximum absolute atomic E-state index is 6.93. The van der Waals surface area contributed by atoms with E-state index < -0.39 is 0 Å². The molecule has 3 nitrogen and oxygen atoms in total. The fourth-order valence-electron chi connectivity index (χ4n) is 0.709. The second kappa shape index (κ2) is 3.05. The number of hydrogen-bond donors (Lipinski definition) is 1. The van der Waals surface area contributed by atoms with Gasteiger partial charge in [-0.25, -0.2) is 9.97 Å². The van der Waals surface area contributed by atoms with Crippen molar-refractivity contribution >= 4 is 11.8 Å². The van der Waals surface area contributed by atoms with E-state index in [-0.39, 0.29) is 0 Å². The van der Waals surface area contributed by atoms with Crippen molar-refractivity contribution in [2.75, 3.05) is 0 Å². The highest BCUT2D eigenvalue weighted by Crippen LogP contribution is 2.04. The second-order valence-corrected chi connectivity index (χ2v) is 2.16. The Kier molecular flexibility index (Phi) is 2.11. The Labute approximate surface area is 65.3 Å². The van der Waals surface area contributed by atoms with Crippen molar-refractivity contribution in [1.29, 1.82) is 5.41 Å². The summed E-state index contributed by atoms with van der Waals surface area (Å²) in [6.07, 6.45) is 2.84. The largest absolute Gasteiger partial charge is 0.308 e. The molecule has 0 fully saturated rings. The number of rotatable bonds is 2. The van der Waals surface area contributed by atoms with Crippen LogP contribution >= 0.6 is 0 Å². The van der Waals surface area contributed by atoms with Crippen molar-refractivity contribution in [2.45, 2.75) is 6.92 Å². The molecule has 0 saturated carbocycles. The quantitative estimate of drug-likeness (QED) is 0.643. The summed E-state index contributed by atoms with van der Waals surface area (Å²) in [4.78, 5) is 8.01. The maximum Gasteiger partial charge on any atom is 0.125 e. The maximum atomic E-state index is 6.93. The van der Waals surface area contributed by atoms with E-state index in [9.17, 15) is 0 Å². The third-order valence-electron chi connectivity index (χ3n) is 1.28. The first-order chi connectivity index (χ1) is 5.24. The van der Waals surface area contributed by atoms with Crippen molar-refractivity contribution < 1.29 is 0 Å². The molecule has 1 rings (SSSR count). The molecule has 1 aromatic heterocycles. The molecule has 1 N–H and O–H groups in total. The average molecular weight is 147 g/mol. The van der Waals surface area contributed by atoms with Gasteiger partial charge in [-0.2, -0.15) is 0 Å². The number of aryl methyl sites for hydroxylation is 1. The summed E-state index contributed by atoms with van der Waals surface area (Å²) in [5.74, 6) is 0.700. The molecule has 1 heterocycles. The number of hydrogen-bond acceptors (Lipinski definition) is 3. The molecule has 0 unspecified atom stereocenters. The van der Waals surface area contributed by atoms with Crippen LogP contribution in [-0.2, 0) is 0 Å². The number of nitrogens with zero attached hydrogens (tertiary/aromatic N) is 2. The van der Waals surface area contributed by atoms with Crippen LogP contribution in [0.2, 0.25) is 0 Å². The Morgan fingerprint density at radius 3 is 3.00 bits per heavy atom. The van der Waals surface area contributed by atoms with Crippen LogP contribution in [-0.4, -0.2) is 16.2 Å². The van der Waals surface area contributed by atoms with Crippen LogP contribution in [0.5, 0.6) is 0 Å². The molecule has 0 aliphatic heterocycles. The number of aromatic nitrogens is 2. The Bertz CT molecular complexity index is 291. The van der Waals surface area contributed by atoms with E-state index in [4.69, 9.17) is 5.41 Å². The highest BCUT2D eigenvalue weighted by molar-refractivity contribution is 6.06. The lowest BCUT2D eigenvalue weighted by Crippen LogP contribution is -1.92. The van der Waals surface area contributed by atoms with E-state index in [0.29, 0.717) is 17.1 Å². The molecule has 0 spiro atoms. The van der Waals surface area contributed by atoms with Gasteiger partial charge in [0, 0.05) is 18.0 Å². The zero-order valence-corrected chi connectivity index (χ0v) is 6.33. The van der Waals surface area contributed by atoms with Crippen molar-refractivity contribution in [1.82, 2.24) is 9.97 Å². The predicted molar refractivity (Wildman–Crippen MR) is 44.6 cm³/mol. The first-order valence-corrected chi connectivity index (χ1v) is 3.23. The van der Waals surface area contributed by atoms with Crippen LogP contribution in [0, 0.1) is 12.3 Å². The van der Waals surface area contributed by atoms with Crippen molar-refractivity contribution in [3.05, 3.63) is 30.4 Å². The lowest BCUT2D eigenvalue weighted by molar-refractivity contribution is 1.04. The van der Waals surface area contributed by atoms with Gasteiger partial charge in [-0.15, -0.1) is 0 Å². The van der Waals surface area contributed by atoms with Crippen LogP contribution in [0.1, 0.15) is 11.5 Å². The monoisotopic (exact) mass is 147 g/mol. The minimum Gasteiger partial charge on any atom is -0.308 e.